The van der Waals surface area contributed by atoms with Gasteiger partial charge in [0, 0.05) is 5.56 Å². The molecule has 0 fully saturated rings. The molecule has 0 bridgehead atoms. The van der Waals surface area contributed by atoms with E-state index in [0.29, 0.717) is 41.0 Å². The van der Waals surface area contributed by atoms with Crippen molar-refractivity contribution in [2.24, 2.45) is 0 Å². The van der Waals surface area contributed by atoms with Gasteiger partial charge in [0.2, 0.25) is 5.89 Å². The van der Waals surface area contributed by atoms with Crippen LogP contribution in [0.25, 0.3) is 17.1 Å². The van der Waals surface area contributed by atoms with Crippen molar-refractivity contribution >= 4 is 17.4 Å². The number of hydrogen-bond acceptors (Lipinski definition) is 7. The van der Waals surface area contributed by atoms with E-state index in [1.165, 1.54) is 0 Å². The van der Waals surface area contributed by atoms with Crippen LogP contribution in [-0.2, 0) is 6.42 Å². The number of carbonyl (C=O) groups excluding carboxylic acids is 1. The number of amides is 1. The molecule has 3 aromatic carbocycles. The molecular formula is C26H22N6O3. The Balaban J connectivity index is 1.26. The van der Waals surface area contributed by atoms with Crippen LogP contribution in [0.2, 0.25) is 0 Å². The highest BCUT2D eigenvalue weighted by atomic mass is 16.5. The third-order valence-electron chi connectivity index (χ3n) is 5.37. The second-order valence-corrected chi connectivity index (χ2v) is 7.74. The number of nitrogen functional groups attached to an aromatic ring is 1. The van der Waals surface area contributed by atoms with Crippen molar-refractivity contribution < 1.29 is 13.9 Å². The Morgan fingerprint density at radius 1 is 1.00 bits per heavy atom. The third-order valence-corrected chi connectivity index (χ3v) is 5.37. The minimum Gasteiger partial charge on any atom is -0.496 e. The number of carbonyl (C=O) groups is 1. The molecule has 0 saturated carbocycles. The van der Waals surface area contributed by atoms with Crippen molar-refractivity contribution in [1.29, 1.82) is 0 Å². The lowest BCUT2D eigenvalue weighted by Crippen LogP contribution is -2.13. The van der Waals surface area contributed by atoms with Gasteiger partial charge in [-0.3, -0.25) is 4.79 Å². The van der Waals surface area contributed by atoms with Gasteiger partial charge in [0.05, 0.1) is 36.7 Å². The second kappa shape index (κ2) is 9.52. The SMILES string of the molecule is COc1ccccc1-c1nnc(Cc2ccc(C(=O)Nc3nn(-c4ccccc4)cc3N)cc2)o1. The average molecular weight is 467 g/mol. The molecule has 5 aromatic rings. The van der Waals surface area contributed by atoms with Gasteiger partial charge in [-0.25, -0.2) is 4.68 Å². The predicted molar refractivity (Wildman–Crippen MR) is 131 cm³/mol. The maximum atomic E-state index is 12.7. The van der Waals surface area contributed by atoms with E-state index in [0.717, 1.165) is 16.8 Å². The van der Waals surface area contributed by atoms with Crippen LogP contribution in [0.15, 0.2) is 89.5 Å². The highest BCUT2D eigenvalue weighted by Gasteiger charge is 2.15. The number of nitrogens with two attached hydrogens (primary N) is 1. The minimum atomic E-state index is -0.308. The number of nitrogens with zero attached hydrogens (tertiary/aromatic N) is 4. The molecule has 0 radical (unpaired) electrons. The van der Waals surface area contributed by atoms with E-state index >= 15 is 0 Å². The highest BCUT2D eigenvalue weighted by Crippen LogP contribution is 2.28. The first-order valence-electron chi connectivity index (χ1n) is 10.9. The lowest BCUT2D eigenvalue weighted by molar-refractivity contribution is 0.102. The summed E-state index contributed by atoms with van der Waals surface area (Å²) in [5, 5.41) is 15.4. The van der Waals surface area contributed by atoms with E-state index in [4.69, 9.17) is 14.9 Å². The predicted octanol–water partition coefficient (Wildman–Crippen LogP) is 4.36. The number of methoxy groups -OCH3 is 1. The zero-order valence-electron chi connectivity index (χ0n) is 18.9. The van der Waals surface area contributed by atoms with Crippen LogP contribution in [0.5, 0.6) is 5.75 Å². The standard InChI is InChI=1S/C26H22N6O3/c1-34-22-10-6-5-9-20(22)26-30-29-23(35-26)15-17-11-13-18(14-12-17)25(33)28-24-21(27)16-32(31-24)19-7-3-2-4-8-19/h2-14,16H,15,27H2,1H3,(H,28,31,33). The van der Waals surface area contributed by atoms with Gasteiger partial charge in [0.15, 0.2) is 5.82 Å². The summed E-state index contributed by atoms with van der Waals surface area (Å²) in [6, 6.07) is 24.1. The number of benzene rings is 3. The quantitative estimate of drug-likeness (QED) is 0.366. The summed E-state index contributed by atoms with van der Waals surface area (Å²) in [6.07, 6.45) is 2.09. The molecule has 0 aliphatic heterocycles. The first kappa shape index (κ1) is 21.9. The molecule has 35 heavy (non-hydrogen) atoms. The van der Waals surface area contributed by atoms with Gasteiger partial charge in [0.25, 0.3) is 11.8 Å². The molecule has 5 rings (SSSR count). The van der Waals surface area contributed by atoms with Crippen LogP contribution in [0.3, 0.4) is 0 Å². The first-order chi connectivity index (χ1) is 17.1. The van der Waals surface area contributed by atoms with Crippen LogP contribution in [-0.4, -0.2) is 33.0 Å². The maximum Gasteiger partial charge on any atom is 0.256 e. The topological polar surface area (TPSA) is 121 Å². The van der Waals surface area contributed by atoms with Gasteiger partial charge in [0.1, 0.15) is 5.75 Å². The molecular weight excluding hydrogens is 444 g/mol. The lowest BCUT2D eigenvalue weighted by Gasteiger charge is -2.05. The second-order valence-electron chi connectivity index (χ2n) is 7.74. The molecule has 2 aromatic heterocycles. The van der Waals surface area contributed by atoms with Crippen molar-refractivity contribution in [1.82, 2.24) is 20.0 Å². The number of nitrogens with one attached hydrogen (secondary N) is 1. The number of hydrogen-bond donors (Lipinski definition) is 2. The van der Waals surface area contributed by atoms with Crippen LogP contribution in [0.1, 0.15) is 21.8 Å². The van der Waals surface area contributed by atoms with E-state index in [2.05, 4.69) is 20.6 Å². The summed E-state index contributed by atoms with van der Waals surface area (Å²) in [5.74, 6) is 1.51. The molecule has 9 heteroatoms. The summed E-state index contributed by atoms with van der Waals surface area (Å²) in [7, 11) is 1.59. The Morgan fingerprint density at radius 2 is 1.74 bits per heavy atom. The lowest BCUT2D eigenvalue weighted by atomic mass is 10.1. The Kier molecular flexibility index (Phi) is 5.96. The van der Waals surface area contributed by atoms with Gasteiger partial charge >= 0.3 is 0 Å². The fourth-order valence-electron chi connectivity index (χ4n) is 3.58. The van der Waals surface area contributed by atoms with Crippen molar-refractivity contribution in [3.05, 3.63) is 102 Å². The number of aromatic nitrogens is 4. The average Bonchev–Trinajstić information content (AvgIpc) is 3.51. The van der Waals surface area contributed by atoms with Crippen molar-refractivity contribution in [2.45, 2.75) is 6.42 Å². The van der Waals surface area contributed by atoms with Gasteiger partial charge in [-0.2, -0.15) is 0 Å². The van der Waals surface area contributed by atoms with E-state index in [9.17, 15) is 4.79 Å². The number of anilines is 2. The number of ether oxygens (including phenoxy) is 1. The molecule has 1 amide bonds. The van der Waals surface area contributed by atoms with E-state index in [1.54, 1.807) is 30.1 Å². The monoisotopic (exact) mass is 466 g/mol. The van der Waals surface area contributed by atoms with Gasteiger partial charge < -0.3 is 20.2 Å². The van der Waals surface area contributed by atoms with E-state index < -0.39 is 0 Å². The molecule has 174 valence electrons. The van der Waals surface area contributed by atoms with E-state index in [-0.39, 0.29) is 5.91 Å². The first-order valence-corrected chi connectivity index (χ1v) is 10.9. The van der Waals surface area contributed by atoms with Crippen LogP contribution < -0.4 is 15.8 Å². The maximum absolute atomic E-state index is 12.7. The highest BCUT2D eigenvalue weighted by molar-refractivity contribution is 6.05. The van der Waals surface area contributed by atoms with Gasteiger partial charge in [-0.1, -0.05) is 42.5 Å². The Morgan fingerprint density at radius 3 is 2.51 bits per heavy atom. The van der Waals surface area contributed by atoms with Gasteiger partial charge in [-0.15, -0.1) is 15.3 Å². The van der Waals surface area contributed by atoms with Crippen molar-refractivity contribution in [2.75, 3.05) is 18.2 Å². The molecule has 0 aliphatic carbocycles. The number of para-hydroxylation sites is 2. The van der Waals surface area contributed by atoms with Crippen LogP contribution in [0.4, 0.5) is 11.5 Å². The molecule has 0 saturated heterocycles. The fourth-order valence-corrected chi connectivity index (χ4v) is 3.58. The minimum absolute atomic E-state index is 0.303. The molecule has 2 heterocycles. The summed E-state index contributed by atoms with van der Waals surface area (Å²) in [6.45, 7) is 0. The Labute approximate surface area is 201 Å². The summed E-state index contributed by atoms with van der Waals surface area (Å²) >= 11 is 0. The van der Waals surface area contributed by atoms with Crippen LogP contribution in [0, 0.1) is 0 Å². The molecule has 0 aliphatic rings. The van der Waals surface area contributed by atoms with E-state index in [1.807, 2.05) is 66.7 Å². The van der Waals surface area contributed by atoms with Crippen molar-refractivity contribution in [3.63, 3.8) is 0 Å². The summed E-state index contributed by atoms with van der Waals surface area (Å²) in [4.78, 5) is 12.7. The van der Waals surface area contributed by atoms with Gasteiger partial charge in [-0.05, 0) is 42.0 Å². The zero-order chi connectivity index (χ0) is 24.2. The summed E-state index contributed by atoms with van der Waals surface area (Å²) in [5.41, 5.74) is 9.40. The fraction of sp³-hybridized carbons (Fsp3) is 0.0769. The number of rotatable bonds is 7. The Hall–Kier alpha value is -4.92. The molecule has 9 nitrogen and oxygen atoms in total. The van der Waals surface area contributed by atoms with Crippen LogP contribution >= 0.6 is 0 Å². The third kappa shape index (κ3) is 4.74. The smallest absolute Gasteiger partial charge is 0.256 e. The largest absolute Gasteiger partial charge is 0.496 e. The normalized spacial score (nSPS) is 10.8. The molecule has 0 unspecified atom stereocenters. The summed E-state index contributed by atoms with van der Waals surface area (Å²) < 4.78 is 12.8. The molecule has 0 atom stereocenters. The van der Waals surface area contributed by atoms with Crippen molar-refractivity contribution in [3.8, 4) is 22.9 Å². The Bertz CT molecular complexity index is 1460. The zero-order valence-corrected chi connectivity index (χ0v) is 18.9. The molecule has 3 N–H and O–H groups in total. The molecule has 0 spiro atoms.